The van der Waals surface area contributed by atoms with Crippen LogP contribution in [0.5, 0.6) is 0 Å². The quantitative estimate of drug-likeness (QED) is 0.255. The monoisotopic (exact) mass is 521 g/mol. The molecule has 0 spiro atoms. The van der Waals surface area contributed by atoms with E-state index in [1.807, 2.05) is 6.92 Å². The van der Waals surface area contributed by atoms with Crippen molar-refractivity contribution < 1.29 is 0 Å². The van der Waals surface area contributed by atoms with Crippen LogP contribution >= 0.6 is 0 Å². The second kappa shape index (κ2) is 10.2. The Hall–Kier alpha value is -4.51. The summed E-state index contributed by atoms with van der Waals surface area (Å²) in [5.41, 5.74) is 6.23. The molecular formula is C35H31N5. The number of fused-ring (bicyclic) bond motifs is 3. The molecular weight excluding hydrogens is 490 g/mol. The van der Waals surface area contributed by atoms with E-state index in [2.05, 4.69) is 104 Å². The van der Waals surface area contributed by atoms with Gasteiger partial charge in [-0.05, 0) is 56.4 Å². The molecule has 1 aromatic carbocycles. The van der Waals surface area contributed by atoms with Gasteiger partial charge in [0.25, 0.3) is 0 Å². The van der Waals surface area contributed by atoms with Gasteiger partial charge in [0.2, 0.25) is 0 Å². The lowest BCUT2D eigenvalue weighted by Gasteiger charge is -2.21. The maximum absolute atomic E-state index is 5.13. The highest BCUT2D eigenvalue weighted by atomic mass is 15.0. The molecule has 3 unspecified atom stereocenters. The van der Waals surface area contributed by atoms with Gasteiger partial charge in [0.05, 0.1) is 16.7 Å². The Bertz CT molecular complexity index is 1770. The van der Waals surface area contributed by atoms with Gasteiger partial charge >= 0.3 is 0 Å². The van der Waals surface area contributed by atoms with Crippen molar-refractivity contribution in [3.05, 3.63) is 132 Å². The number of benzene rings is 1. The number of hydrogen-bond acceptors (Lipinski definition) is 5. The third-order valence-corrected chi connectivity index (χ3v) is 8.02. The predicted octanol–water partition coefficient (Wildman–Crippen LogP) is 7.91. The second-order valence-electron chi connectivity index (χ2n) is 10.9. The fourth-order valence-electron chi connectivity index (χ4n) is 5.76. The SMILES string of the molecule is Cc1ccc2ccc3c(C)cc(C4=CCC(c5nc(C6C=CC=CC6)nc(C6C=CC=CC6)n5)C=C4)nc3c2n1. The molecule has 5 heteroatoms. The topological polar surface area (TPSA) is 64.5 Å². The maximum Gasteiger partial charge on any atom is 0.139 e. The van der Waals surface area contributed by atoms with E-state index in [1.54, 1.807) is 0 Å². The van der Waals surface area contributed by atoms with Crippen LogP contribution in [0.1, 0.15) is 71.4 Å². The van der Waals surface area contributed by atoms with Gasteiger partial charge in [-0.1, -0.05) is 85.0 Å². The molecule has 3 aliphatic carbocycles. The number of nitrogens with zero attached hydrogens (tertiary/aromatic N) is 5. The summed E-state index contributed by atoms with van der Waals surface area (Å²) >= 11 is 0. The van der Waals surface area contributed by atoms with Gasteiger partial charge in [0, 0.05) is 34.2 Å². The minimum Gasteiger partial charge on any atom is -0.251 e. The first-order chi connectivity index (χ1) is 19.6. The van der Waals surface area contributed by atoms with Gasteiger partial charge in [-0.3, -0.25) is 4.98 Å². The largest absolute Gasteiger partial charge is 0.251 e. The van der Waals surface area contributed by atoms with Crippen molar-refractivity contribution in [2.75, 3.05) is 0 Å². The van der Waals surface area contributed by atoms with Crippen LogP contribution in [0.2, 0.25) is 0 Å². The zero-order chi connectivity index (χ0) is 27.1. The van der Waals surface area contributed by atoms with Gasteiger partial charge in [-0.2, -0.15) is 0 Å². The zero-order valence-electron chi connectivity index (χ0n) is 22.8. The standard InChI is InChI=1S/C35H31N5/c1-22-21-30(37-32-29(22)20-19-25-14-13-23(2)36-31(25)32)24-15-17-28(18-16-24)35-39-33(26-9-5-3-6-10-26)38-34(40-35)27-11-7-4-8-12-27/h3-9,11,13-17,19-21,26-28H,10,12,18H2,1-2H3. The van der Waals surface area contributed by atoms with Crippen molar-refractivity contribution in [3.63, 3.8) is 0 Å². The van der Waals surface area contributed by atoms with E-state index in [0.29, 0.717) is 0 Å². The molecule has 3 atom stereocenters. The molecule has 0 saturated heterocycles. The fourth-order valence-corrected chi connectivity index (χ4v) is 5.76. The summed E-state index contributed by atoms with van der Waals surface area (Å²) in [6.07, 6.45) is 26.5. The lowest BCUT2D eigenvalue weighted by Crippen LogP contribution is -2.16. The van der Waals surface area contributed by atoms with Crippen LogP contribution in [0.4, 0.5) is 0 Å². The number of allylic oxidation sites excluding steroid dienone is 12. The van der Waals surface area contributed by atoms with Gasteiger partial charge in [0.15, 0.2) is 0 Å². The van der Waals surface area contributed by atoms with Crippen LogP contribution < -0.4 is 0 Å². The smallest absolute Gasteiger partial charge is 0.139 e. The number of pyridine rings is 2. The van der Waals surface area contributed by atoms with Crippen molar-refractivity contribution >= 4 is 27.4 Å². The van der Waals surface area contributed by atoms with Crippen molar-refractivity contribution in [2.24, 2.45) is 0 Å². The molecule has 0 fully saturated rings. The Morgan fingerprint density at radius 2 is 1.27 bits per heavy atom. The Kier molecular flexibility index (Phi) is 6.27. The number of aromatic nitrogens is 5. The van der Waals surface area contributed by atoms with E-state index in [9.17, 15) is 0 Å². The van der Waals surface area contributed by atoms with E-state index < -0.39 is 0 Å². The van der Waals surface area contributed by atoms with E-state index >= 15 is 0 Å². The second-order valence-corrected chi connectivity index (χ2v) is 10.9. The Morgan fingerprint density at radius 3 is 1.88 bits per heavy atom. The molecule has 40 heavy (non-hydrogen) atoms. The maximum atomic E-state index is 5.13. The minimum atomic E-state index is 0.0992. The molecule has 0 saturated carbocycles. The normalized spacial score (nSPS) is 21.9. The van der Waals surface area contributed by atoms with Gasteiger partial charge < -0.3 is 0 Å². The first-order valence-electron chi connectivity index (χ1n) is 14.1. The van der Waals surface area contributed by atoms with Crippen LogP contribution in [0.25, 0.3) is 27.4 Å². The van der Waals surface area contributed by atoms with Crippen LogP contribution in [-0.2, 0) is 0 Å². The van der Waals surface area contributed by atoms with Gasteiger partial charge in [-0.25, -0.2) is 19.9 Å². The molecule has 3 aromatic heterocycles. The van der Waals surface area contributed by atoms with E-state index in [0.717, 1.165) is 75.5 Å². The van der Waals surface area contributed by atoms with Gasteiger partial charge in [-0.15, -0.1) is 0 Å². The molecule has 7 rings (SSSR count). The first-order valence-corrected chi connectivity index (χ1v) is 14.1. The van der Waals surface area contributed by atoms with Crippen LogP contribution in [-0.4, -0.2) is 24.9 Å². The Balaban J connectivity index is 1.22. The minimum absolute atomic E-state index is 0.0992. The van der Waals surface area contributed by atoms with Crippen molar-refractivity contribution in [2.45, 2.75) is 50.9 Å². The summed E-state index contributed by atoms with van der Waals surface area (Å²) in [6, 6.07) is 10.7. The summed E-state index contributed by atoms with van der Waals surface area (Å²) in [5, 5.41) is 2.26. The lowest BCUT2D eigenvalue weighted by atomic mass is 9.92. The van der Waals surface area contributed by atoms with Crippen molar-refractivity contribution in [1.29, 1.82) is 0 Å². The molecule has 196 valence electrons. The third kappa shape index (κ3) is 4.62. The van der Waals surface area contributed by atoms with Gasteiger partial charge in [0.1, 0.15) is 17.5 Å². The first kappa shape index (κ1) is 24.5. The zero-order valence-corrected chi connectivity index (χ0v) is 22.8. The fraction of sp³-hybridized carbons (Fsp3) is 0.229. The lowest BCUT2D eigenvalue weighted by molar-refractivity contribution is 0.649. The summed E-state index contributed by atoms with van der Waals surface area (Å²) in [7, 11) is 0. The van der Waals surface area contributed by atoms with Crippen molar-refractivity contribution in [3.8, 4) is 0 Å². The van der Waals surface area contributed by atoms with E-state index in [4.69, 9.17) is 24.9 Å². The average Bonchev–Trinajstić information content (AvgIpc) is 3.01. The highest BCUT2D eigenvalue weighted by molar-refractivity contribution is 6.04. The van der Waals surface area contributed by atoms with Crippen LogP contribution in [0.3, 0.4) is 0 Å². The Morgan fingerprint density at radius 1 is 0.625 bits per heavy atom. The van der Waals surface area contributed by atoms with Crippen LogP contribution in [0, 0.1) is 13.8 Å². The summed E-state index contributed by atoms with van der Waals surface area (Å²) < 4.78 is 0. The molecule has 0 N–H and O–H groups in total. The molecule has 5 nitrogen and oxygen atoms in total. The number of aryl methyl sites for hydroxylation is 2. The van der Waals surface area contributed by atoms with E-state index in [-0.39, 0.29) is 17.8 Å². The van der Waals surface area contributed by atoms with Crippen LogP contribution in [0.15, 0.2) is 97.2 Å². The highest BCUT2D eigenvalue weighted by Crippen LogP contribution is 2.34. The highest BCUT2D eigenvalue weighted by Gasteiger charge is 2.23. The number of rotatable bonds is 4. The summed E-state index contributed by atoms with van der Waals surface area (Å²) in [6.45, 7) is 4.19. The number of hydrogen-bond donors (Lipinski definition) is 0. The third-order valence-electron chi connectivity index (χ3n) is 8.02. The summed E-state index contributed by atoms with van der Waals surface area (Å²) in [4.78, 5) is 25.0. The summed E-state index contributed by atoms with van der Waals surface area (Å²) in [5.74, 6) is 3.06. The van der Waals surface area contributed by atoms with Crippen molar-refractivity contribution in [1.82, 2.24) is 24.9 Å². The molecule has 3 heterocycles. The average molecular weight is 522 g/mol. The molecule has 4 aromatic rings. The molecule has 0 aliphatic heterocycles. The Labute approximate surface area is 234 Å². The molecule has 0 bridgehead atoms. The predicted molar refractivity (Wildman–Crippen MR) is 162 cm³/mol. The molecule has 3 aliphatic rings. The molecule has 0 radical (unpaired) electrons. The van der Waals surface area contributed by atoms with E-state index in [1.165, 1.54) is 5.56 Å². The molecule has 0 amide bonds.